The van der Waals surface area contributed by atoms with Crippen LogP contribution in [-0.2, 0) is 4.74 Å². The number of hydrogen-bond donors (Lipinski definition) is 3. The lowest BCUT2D eigenvalue weighted by Crippen LogP contribution is -2.44. The van der Waals surface area contributed by atoms with E-state index in [0.717, 1.165) is 11.4 Å². The molecule has 4 atom stereocenters. The number of benzene rings is 1. The van der Waals surface area contributed by atoms with Crippen LogP contribution in [0.2, 0.25) is 0 Å². The van der Waals surface area contributed by atoms with Crippen LogP contribution in [0.5, 0.6) is 5.88 Å². The van der Waals surface area contributed by atoms with Crippen LogP contribution in [0.15, 0.2) is 30.5 Å². The first-order valence-electron chi connectivity index (χ1n) is 14.0. The van der Waals surface area contributed by atoms with Gasteiger partial charge in [0.05, 0.1) is 16.9 Å². The highest BCUT2D eigenvalue weighted by molar-refractivity contribution is 5.97. The standard InChI is InChI=1S/C28H31F3N6O4.2H2/c29-28(30,31)14-41-25-18(15-3-5-40-6-4-15)7-17(9-32-25)27(39)37-12-21-19-10-36(11-20(19)22(21)13-37)26(38)16-1-2-23-24(8-16)34-35-33-23;;/h1-2,7-9,15,19-22,33-35H,3-6,10-14H2;2*1H/t19-,20+,21?,22?;;. The van der Waals surface area contributed by atoms with E-state index in [1.807, 2.05) is 28.0 Å². The topological polar surface area (TPSA) is 108 Å². The molecule has 41 heavy (non-hydrogen) atoms. The summed E-state index contributed by atoms with van der Waals surface area (Å²) in [6, 6.07) is 7.20. The van der Waals surface area contributed by atoms with Gasteiger partial charge in [0.2, 0.25) is 5.88 Å². The van der Waals surface area contributed by atoms with Crippen LogP contribution in [0, 0.1) is 23.7 Å². The van der Waals surface area contributed by atoms with Crippen molar-refractivity contribution in [3.8, 4) is 5.88 Å². The Kier molecular flexibility index (Phi) is 6.45. The van der Waals surface area contributed by atoms with Crippen molar-refractivity contribution in [2.75, 3.05) is 56.9 Å². The molecule has 4 aliphatic heterocycles. The van der Waals surface area contributed by atoms with Crippen molar-refractivity contribution in [3.63, 3.8) is 0 Å². The fourth-order valence-electron chi connectivity index (χ4n) is 7.29. The monoisotopic (exact) mass is 576 g/mol. The highest BCUT2D eigenvalue weighted by Gasteiger charge is 2.59. The maximum atomic E-state index is 13.6. The SMILES string of the molecule is O=C(c1cnc(OCC(F)(F)F)c(C2CCOCC2)c1)N1CC2C(C1)[C@@H]1CN(C(=O)c3ccc4c(c3)NNN4)C[C@H]21.[HH].[HH]. The number of pyridine rings is 1. The summed E-state index contributed by atoms with van der Waals surface area (Å²) in [4.78, 5) is 34.7. The van der Waals surface area contributed by atoms with E-state index in [-0.39, 0.29) is 26.5 Å². The second-order valence-corrected chi connectivity index (χ2v) is 11.6. The lowest BCUT2D eigenvalue weighted by atomic mass is 9.60. The highest BCUT2D eigenvalue weighted by Crippen LogP contribution is 2.54. The number of anilines is 2. The molecule has 5 aliphatic rings. The van der Waals surface area contributed by atoms with E-state index in [1.54, 1.807) is 6.07 Å². The molecule has 5 heterocycles. The Labute approximate surface area is 237 Å². The van der Waals surface area contributed by atoms with Gasteiger partial charge in [-0.1, -0.05) is 0 Å². The van der Waals surface area contributed by atoms with Crippen molar-refractivity contribution < 1.29 is 35.1 Å². The number of halogens is 3. The molecule has 1 aliphatic carbocycles. The Balaban J connectivity index is 0.00000184. The normalized spacial score (nSPS) is 26.9. The number of fused-ring (bicyclic) bond motifs is 5. The third kappa shape index (κ3) is 4.84. The second kappa shape index (κ2) is 10.1. The van der Waals surface area contributed by atoms with E-state index >= 15 is 0 Å². The van der Waals surface area contributed by atoms with Gasteiger partial charge in [-0.2, -0.15) is 13.2 Å². The van der Waals surface area contributed by atoms with Crippen LogP contribution in [0.1, 0.15) is 47.9 Å². The van der Waals surface area contributed by atoms with Gasteiger partial charge in [-0.15, -0.1) is 5.53 Å². The predicted octanol–water partition coefficient (Wildman–Crippen LogP) is 3.76. The number of carbonyl (C=O) groups is 2. The number of likely N-dealkylation sites (tertiary alicyclic amines) is 2. The second-order valence-electron chi connectivity index (χ2n) is 11.6. The average molecular weight is 577 g/mol. The number of ether oxygens (including phenoxy) is 2. The van der Waals surface area contributed by atoms with Gasteiger partial charge in [0.1, 0.15) is 0 Å². The Bertz CT molecular complexity index is 1360. The molecule has 13 heteroatoms. The van der Waals surface area contributed by atoms with E-state index in [0.29, 0.717) is 92.6 Å². The van der Waals surface area contributed by atoms with Gasteiger partial charge in [0.15, 0.2) is 6.61 Å². The summed E-state index contributed by atoms with van der Waals surface area (Å²) in [6.45, 7) is 2.12. The number of nitrogens with one attached hydrogen (secondary N) is 3. The number of hydrogen-bond acceptors (Lipinski definition) is 8. The van der Waals surface area contributed by atoms with Crippen molar-refractivity contribution >= 4 is 23.2 Å². The van der Waals surface area contributed by atoms with E-state index < -0.39 is 12.8 Å². The van der Waals surface area contributed by atoms with Crippen molar-refractivity contribution in [3.05, 3.63) is 47.2 Å². The first kappa shape index (κ1) is 26.3. The maximum absolute atomic E-state index is 13.6. The van der Waals surface area contributed by atoms with Gasteiger partial charge in [0, 0.05) is 59.6 Å². The third-order valence-corrected chi connectivity index (χ3v) is 9.32. The average Bonchev–Trinajstić information content (AvgIpc) is 3.70. The number of rotatable bonds is 5. The van der Waals surface area contributed by atoms with Gasteiger partial charge >= 0.3 is 6.18 Å². The molecule has 1 aromatic carbocycles. The highest BCUT2D eigenvalue weighted by atomic mass is 19.4. The van der Waals surface area contributed by atoms with Crippen LogP contribution >= 0.6 is 0 Å². The quantitative estimate of drug-likeness (QED) is 0.494. The summed E-state index contributed by atoms with van der Waals surface area (Å²) in [6.07, 6.45) is -1.90. The minimum absolute atomic E-state index is 0. The molecule has 4 fully saturated rings. The molecule has 7 rings (SSSR count). The lowest BCUT2D eigenvalue weighted by Gasteiger charge is -2.42. The van der Waals surface area contributed by atoms with Crippen molar-refractivity contribution in [1.82, 2.24) is 20.3 Å². The summed E-state index contributed by atoms with van der Waals surface area (Å²) in [5.41, 5.74) is 12.0. The van der Waals surface area contributed by atoms with Crippen molar-refractivity contribution in [2.45, 2.75) is 24.9 Å². The number of nitrogens with zero attached hydrogens (tertiary/aromatic N) is 3. The van der Waals surface area contributed by atoms with Crippen LogP contribution < -0.4 is 21.1 Å². The van der Waals surface area contributed by atoms with Gasteiger partial charge in [-0.05, 0) is 66.7 Å². The number of amides is 2. The largest absolute Gasteiger partial charge is 0.468 e. The molecule has 2 amide bonds. The molecule has 0 radical (unpaired) electrons. The number of aromatic nitrogens is 1. The molecule has 3 N–H and O–H groups in total. The number of alkyl halides is 3. The molecule has 2 unspecified atom stereocenters. The first-order valence-corrected chi connectivity index (χ1v) is 14.0. The van der Waals surface area contributed by atoms with Crippen LogP contribution in [0.25, 0.3) is 0 Å². The summed E-state index contributed by atoms with van der Waals surface area (Å²) < 4.78 is 49.0. The van der Waals surface area contributed by atoms with E-state index in [2.05, 4.69) is 21.4 Å². The smallest absolute Gasteiger partial charge is 0.422 e. The van der Waals surface area contributed by atoms with Crippen LogP contribution in [0.3, 0.4) is 0 Å². The van der Waals surface area contributed by atoms with Crippen LogP contribution in [-0.4, -0.2) is 78.8 Å². The van der Waals surface area contributed by atoms with E-state index in [9.17, 15) is 22.8 Å². The molecule has 222 valence electrons. The molecule has 10 nitrogen and oxygen atoms in total. The Morgan fingerprint density at radius 2 is 1.54 bits per heavy atom. The molecule has 1 aromatic heterocycles. The van der Waals surface area contributed by atoms with Crippen molar-refractivity contribution in [1.29, 1.82) is 0 Å². The zero-order valence-electron chi connectivity index (χ0n) is 22.2. The molecule has 1 saturated carbocycles. The summed E-state index contributed by atoms with van der Waals surface area (Å²) in [5, 5.41) is 0. The summed E-state index contributed by atoms with van der Waals surface area (Å²) >= 11 is 0. The lowest BCUT2D eigenvalue weighted by molar-refractivity contribution is -0.154. The van der Waals surface area contributed by atoms with Crippen LogP contribution in [0.4, 0.5) is 24.5 Å². The van der Waals surface area contributed by atoms with Gasteiger partial charge in [-0.25, -0.2) is 4.98 Å². The predicted molar refractivity (Wildman–Crippen MR) is 145 cm³/mol. The Morgan fingerprint density at radius 3 is 2.17 bits per heavy atom. The van der Waals surface area contributed by atoms with Gasteiger partial charge < -0.3 is 30.1 Å². The molecule has 0 spiro atoms. The molecule has 0 bridgehead atoms. The number of carbonyl (C=O) groups excluding carboxylic acids is 2. The first-order chi connectivity index (χ1) is 19.7. The third-order valence-electron chi connectivity index (χ3n) is 9.32. The fourth-order valence-corrected chi connectivity index (χ4v) is 7.29. The van der Waals surface area contributed by atoms with Gasteiger partial charge in [-0.3, -0.25) is 9.59 Å². The molecule has 2 aromatic rings. The Morgan fingerprint density at radius 1 is 0.927 bits per heavy atom. The minimum atomic E-state index is -4.48. The summed E-state index contributed by atoms with van der Waals surface area (Å²) in [5.74, 6) is 1.06. The minimum Gasteiger partial charge on any atom is -0.468 e. The molecular formula is C28H35F3N6O4. The van der Waals surface area contributed by atoms with E-state index in [1.165, 1.54) is 6.20 Å². The zero-order chi connectivity index (χ0) is 28.3. The summed E-state index contributed by atoms with van der Waals surface area (Å²) in [7, 11) is 0. The molecule has 3 saturated heterocycles. The maximum Gasteiger partial charge on any atom is 0.422 e. The number of hydrazine groups is 2. The zero-order valence-corrected chi connectivity index (χ0v) is 22.2. The fraction of sp³-hybridized carbons (Fsp3) is 0.536. The van der Waals surface area contributed by atoms with E-state index in [4.69, 9.17) is 9.47 Å². The van der Waals surface area contributed by atoms with Gasteiger partial charge in [0.25, 0.3) is 11.8 Å². The Hall–Kier alpha value is -3.58. The van der Waals surface area contributed by atoms with Crippen molar-refractivity contribution in [2.24, 2.45) is 23.7 Å². The molecular weight excluding hydrogens is 541 g/mol.